The predicted octanol–water partition coefficient (Wildman–Crippen LogP) is 5.14. The average molecular weight is 330 g/mol. The van der Waals surface area contributed by atoms with Crippen molar-refractivity contribution in [3.63, 3.8) is 0 Å². The van der Waals surface area contributed by atoms with Gasteiger partial charge in [-0.1, -0.05) is 11.6 Å². The minimum atomic E-state index is 0.893. The number of aromatic nitrogens is 4. The third-order valence-corrected chi connectivity index (χ3v) is 5.17. The number of aromatic amines is 2. The van der Waals surface area contributed by atoms with E-state index in [0.29, 0.717) is 0 Å². The second kappa shape index (κ2) is 5.04. The van der Waals surface area contributed by atoms with Gasteiger partial charge in [0.1, 0.15) is 10.7 Å². The van der Waals surface area contributed by atoms with Crippen LogP contribution in [0.2, 0.25) is 0 Å². The van der Waals surface area contributed by atoms with Crippen molar-refractivity contribution in [3.05, 3.63) is 59.9 Å². The van der Waals surface area contributed by atoms with Gasteiger partial charge in [-0.2, -0.15) is 0 Å². The van der Waals surface area contributed by atoms with Gasteiger partial charge in [0.05, 0.1) is 5.69 Å². The largest absolute Gasteiger partial charge is 0.360 e. The molecule has 0 saturated heterocycles. The Hall–Kier alpha value is -2.92. The van der Waals surface area contributed by atoms with Crippen LogP contribution in [0, 0.1) is 6.92 Å². The molecular formula is C19H14N4S. The Morgan fingerprint density at radius 1 is 1.00 bits per heavy atom. The fourth-order valence-corrected chi connectivity index (χ4v) is 3.95. The monoisotopic (exact) mass is 330 g/mol. The van der Waals surface area contributed by atoms with E-state index in [1.165, 1.54) is 10.9 Å². The molecule has 0 spiro atoms. The maximum Gasteiger partial charge on any atom is 0.137 e. The molecule has 5 aromatic rings. The van der Waals surface area contributed by atoms with Crippen LogP contribution < -0.4 is 0 Å². The lowest BCUT2D eigenvalue weighted by molar-refractivity contribution is 1.32. The normalized spacial score (nSPS) is 11.5. The Balaban J connectivity index is 1.65. The molecule has 4 aromatic heterocycles. The molecule has 5 heteroatoms. The van der Waals surface area contributed by atoms with Gasteiger partial charge in [-0.05, 0) is 31.2 Å². The number of thiazole rings is 1. The number of fused-ring (bicyclic) bond motifs is 2. The van der Waals surface area contributed by atoms with E-state index in [1.807, 2.05) is 18.5 Å². The Bertz CT molecular complexity index is 1180. The molecule has 5 rings (SSSR count). The summed E-state index contributed by atoms with van der Waals surface area (Å²) in [5, 5.41) is 5.46. The van der Waals surface area contributed by atoms with E-state index in [1.54, 1.807) is 17.5 Å². The molecule has 1 aromatic carbocycles. The van der Waals surface area contributed by atoms with Gasteiger partial charge >= 0.3 is 0 Å². The summed E-state index contributed by atoms with van der Waals surface area (Å²) in [7, 11) is 0. The van der Waals surface area contributed by atoms with Gasteiger partial charge in [0, 0.05) is 51.4 Å². The zero-order valence-electron chi connectivity index (χ0n) is 13.0. The third-order valence-electron chi connectivity index (χ3n) is 4.30. The first-order valence-electron chi connectivity index (χ1n) is 7.76. The Labute approximate surface area is 142 Å². The molecule has 0 amide bonds. The lowest BCUT2D eigenvalue weighted by atomic mass is 10.1. The molecule has 0 atom stereocenters. The summed E-state index contributed by atoms with van der Waals surface area (Å²) in [6.45, 7) is 2.11. The molecule has 4 nitrogen and oxygen atoms in total. The van der Waals surface area contributed by atoms with E-state index in [-0.39, 0.29) is 0 Å². The lowest BCUT2D eigenvalue weighted by Crippen LogP contribution is -1.79. The second-order valence-corrected chi connectivity index (χ2v) is 6.75. The standard InChI is InChI=1S/C19H14N4S/c1-11-4-5-16-13(7-11)15(9-21-16)19-23-17(10-24-19)14-8-22-18-12(14)3-2-6-20-18/h2-10,21H,1H3,(H,20,22). The number of rotatable bonds is 2. The van der Waals surface area contributed by atoms with Crippen LogP contribution in [0.4, 0.5) is 0 Å². The first kappa shape index (κ1) is 13.5. The summed E-state index contributed by atoms with van der Waals surface area (Å²) >= 11 is 1.67. The van der Waals surface area contributed by atoms with Gasteiger partial charge in [0.25, 0.3) is 0 Å². The first-order chi connectivity index (χ1) is 11.8. The van der Waals surface area contributed by atoms with Crippen LogP contribution in [0.15, 0.2) is 54.3 Å². The van der Waals surface area contributed by atoms with Crippen molar-refractivity contribution in [2.75, 3.05) is 0 Å². The highest BCUT2D eigenvalue weighted by molar-refractivity contribution is 7.13. The summed E-state index contributed by atoms with van der Waals surface area (Å²) in [4.78, 5) is 15.8. The van der Waals surface area contributed by atoms with Crippen molar-refractivity contribution >= 4 is 33.3 Å². The quantitative estimate of drug-likeness (QED) is 0.470. The molecule has 0 aliphatic heterocycles. The van der Waals surface area contributed by atoms with E-state index in [4.69, 9.17) is 4.98 Å². The Kier molecular flexibility index (Phi) is 2.84. The van der Waals surface area contributed by atoms with Gasteiger partial charge in [0.2, 0.25) is 0 Å². The minimum Gasteiger partial charge on any atom is -0.360 e. The van der Waals surface area contributed by atoms with E-state index in [9.17, 15) is 0 Å². The third kappa shape index (κ3) is 1.98. The number of nitrogens with one attached hydrogen (secondary N) is 2. The minimum absolute atomic E-state index is 0.893. The maximum absolute atomic E-state index is 4.88. The number of H-pyrrole nitrogens is 2. The molecule has 116 valence electrons. The number of benzene rings is 1. The van der Waals surface area contributed by atoms with Crippen molar-refractivity contribution in [2.24, 2.45) is 0 Å². The number of pyridine rings is 1. The van der Waals surface area contributed by atoms with Gasteiger partial charge in [-0.25, -0.2) is 9.97 Å². The zero-order chi connectivity index (χ0) is 16.1. The first-order valence-corrected chi connectivity index (χ1v) is 8.64. The molecule has 24 heavy (non-hydrogen) atoms. The van der Waals surface area contributed by atoms with Gasteiger partial charge in [-0.15, -0.1) is 11.3 Å². The Morgan fingerprint density at radius 3 is 2.88 bits per heavy atom. The van der Waals surface area contributed by atoms with Crippen molar-refractivity contribution < 1.29 is 0 Å². The summed E-state index contributed by atoms with van der Waals surface area (Å²) in [5.41, 5.74) is 6.52. The molecule has 0 radical (unpaired) electrons. The van der Waals surface area contributed by atoms with Gasteiger partial charge in [0.15, 0.2) is 0 Å². The fraction of sp³-hybridized carbons (Fsp3) is 0.0526. The van der Waals surface area contributed by atoms with Crippen LogP contribution in [0.1, 0.15) is 5.56 Å². The zero-order valence-corrected chi connectivity index (χ0v) is 13.8. The van der Waals surface area contributed by atoms with Crippen LogP contribution in [0.5, 0.6) is 0 Å². The summed E-state index contributed by atoms with van der Waals surface area (Å²) in [6.07, 6.45) is 5.82. The van der Waals surface area contributed by atoms with E-state index < -0.39 is 0 Å². The lowest BCUT2D eigenvalue weighted by Gasteiger charge is -1.97. The molecule has 4 heterocycles. The predicted molar refractivity (Wildman–Crippen MR) is 99.2 cm³/mol. The molecule has 0 bridgehead atoms. The number of hydrogen-bond donors (Lipinski definition) is 2. The van der Waals surface area contributed by atoms with Crippen molar-refractivity contribution in [1.82, 2.24) is 19.9 Å². The van der Waals surface area contributed by atoms with E-state index >= 15 is 0 Å². The molecular weight excluding hydrogens is 316 g/mol. The topological polar surface area (TPSA) is 57.4 Å². The average Bonchev–Trinajstić information content (AvgIpc) is 3.31. The SMILES string of the molecule is Cc1ccc2[nH]cc(-c3nc(-c4c[nH]c5ncccc45)cs3)c2c1. The number of hydrogen-bond acceptors (Lipinski definition) is 3. The summed E-state index contributed by atoms with van der Waals surface area (Å²) in [6, 6.07) is 10.5. The van der Waals surface area contributed by atoms with Crippen molar-refractivity contribution in [2.45, 2.75) is 6.92 Å². The van der Waals surface area contributed by atoms with Crippen LogP contribution in [-0.4, -0.2) is 19.9 Å². The van der Waals surface area contributed by atoms with E-state index in [0.717, 1.165) is 38.4 Å². The molecule has 0 unspecified atom stereocenters. The van der Waals surface area contributed by atoms with Crippen molar-refractivity contribution in [3.8, 4) is 21.8 Å². The second-order valence-electron chi connectivity index (χ2n) is 5.89. The van der Waals surface area contributed by atoms with Crippen molar-refractivity contribution in [1.29, 1.82) is 0 Å². The van der Waals surface area contributed by atoms with Crippen LogP contribution in [0.3, 0.4) is 0 Å². The van der Waals surface area contributed by atoms with Crippen LogP contribution >= 0.6 is 11.3 Å². The molecule has 0 fully saturated rings. The highest BCUT2D eigenvalue weighted by atomic mass is 32.1. The number of aryl methyl sites for hydroxylation is 1. The smallest absolute Gasteiger partial charge is 0.137 e. The van der Waals surface area contributed by atoms with Crippen LogP contribution in [-0.2, 0) is 0 Å². The number of nitrogens with zero attached hydrogens (tertiary/aromatic N) is 2. The summed E-state index contributed by atoms with van der Waals surface area (Å²) < 4.78 is 0. The summed E-state index contributed by atoms with van der Waals surface area (Å²) in [5.74, 6) is 0. The molecule has 0 aliphatic rings. The van der Waals surface area contributed by atoms with Crippen LogP contribution in [0.25, 0.3) is 43.8 Å². The van der Waals surface area contributed by atoms with E-state index in [2.05, 4.69) is 51.5 Å². The fourth-order valence-electron chi connectivity index (χ4n) is 3.10. The molecule has 2 N–H and O–H groups in total. The highest BCUT2D eigenvalue weighted by Crippen LogP contribution is 2.35. The molecule has 0 aliphatic carbocycles. The Morgan fingerprint density at radius 2 is 1.92 bits per heavy atom. The van der Waals surface area contributed by atoms with Gasteiger partial charge < -0.3 is 9.97 Å². The maximum atomic E-state index is 4.88. The molecule has 0 saturated carbocycles. The highest BCUT2D eigenvalue weighted by Gasteiger charge is 2.14. The van der Waals surface area contributed by atoms with Gasteiger partial charge in [-0.3, -0.25) is 0 Å².